The van der Waals surface area contributed by atoms with E-state index in [2.05, 4.69) is 30.7 Å². The predicted octanol–water partition coefficient (Wildman–Crippen LogP) is 2.06. The molecule has 14 heavy (non-hydrogen) atoms. The molecule has 0 bridgehead atoms. The summed E-state index contributed by atoms with van der Waals surface area (Å²) in [6.07, 6.45) is 4.12. The molecule has 1 aliphatic heterocycles. The third-order valence-electron chi connectivity index (χ3n) is 3.36. The van der Waals surface area contributed by atoms with Gasteiger partial charge in [0.05, 0.1) is 0 Å². The largest absolute Gasteiger partial charge is 0.306 e. The molecule has 2 heteroatoms. The molecule has 0 N–H and O–H groups in total. The van der Waals surface area contributed by atoms with Gasteiger partial charge in [0, 0.05) is 6.54 Å². The quantitative estimate of drug-likeness (QED) is 0.667. The molecule has 1 aliphatic rings. The summed E-state index contributed by atoms with van der Waals surface area (Å²) >= 11 is 0. The Kier molecular flexibility index (Phi) is 5.49. The van der Waals surface area contributed by atoms with E-state index >= 15 is 0 Å². The topological polar surface area (TPSA) is 6.48 Å². The van der Waals surface area contributed by atoms with Gasteiger partial charge in [-0.1, -0.05) is 13.8 Å². The number of hydrogen-bond donors (Lipinski definition) is 0. The number of hydrogen-bond acceptors (Lipinski definition) is 2. The Labute approximate surface area is 89.3 Å². The van der Waals surface area contributed by atoms with E-state index in [-0.39, 0.29) is 0 Å². The van der Waals surface area contributed by atoms with E-state index < -0.39 is 0 Å². The van der Waals surface area contributed by atoms with Gasteiger partial charge in [0.2, 0.25) is 0 Å². The van der Waals surface area contributed by atoms with E-state index in [9.17, 15) is 0 Å². The minimum atomic E-state index is 0.952. The molecule has 0 radical (unpaired) electrons. The fourth-order valence-electron chi connectivity index (χ4n) is 2.28. The van der Waals surface area contributed by atoms with Crippen molar-refractivity contribution >= 4 is 0 Å². The van der Waals surface area contributed by atoms with Gasteiger partial charge in [0.1, 0.15) is 0 Å². The van der Waals surface area contributed by atoms with E-state index in [1.165, 1.54) is 52.0 Å². The summed E-state index contributed by atoms with van der Waals surface area (Å²) in [7, 11) is 2.23. The molecule has 1 saturated heterocycles. The Morgan fingerprint density at radius 2 is 1.86 bits per heavy atom. The fraction of sp³-hybridized carbons (Fsp3) is 1.00. The molecular weight excluding hydrogens is 172 g/mol. The van der Waals surface area contributed by atoms with Crippen LogP contribution in [-0.2, 0) is 0 Å². The molecule has 84 valence electrons. The molecule has 0 aromatic heterocycles. The molecule has 1 heterocycles. The van der Waals surface area contributed by atoms with Crippen molar-refractivity contribution in [3.63, 3.8) is 0 Å². The van der Waals surface area contributed by atoms with Crippen LogP contribution < -0.4 is 0 Å². The second-order valence-electron chi connectivity index (χ2n) is 4.64. The lowest BCUT2D eigenvalue weighted by Crippen LogP contribution is -2.38. The lowest BCUT2D eigenvalue weighted by molar-refractivity contribution is 0.157. The van der Waals surface area contributed by atoms with Crippen LogP contribution in [0.3, 0.4) is 0 Å². The van der Waals surface area contributed by atoms with E-state index in [1.807, 2.05) is 0 Å². The van der Waals surface area contributed by atoms with E-state index in [0.29, 0.717) is 0 Å². The lowest BCUT2D eigenvalue weighted by Gasteiger charge is -2.33. The zero-order valence-electron chi connectivity index (χ0n) is 10.1. The number of rotatable bonds is 5. The van der Waals surface area contributed by atoms with Crippen LogP contribution in [-0.4, -0.2) is 49.6 Å². The Hall–Kier alpha value is -0.0800. The van der Waals surface area contributed by atoms with Crippen LogP contribution >= 0.6 is 0 Å². The normalized spacial score (nSPS) is 20.6. The highest BCUT2D eigenvalue weighted by Gasteiger charge is 2.18. The predicted molar refractivity (Wildman–Crippen MR) is 62.6 cm³/mol. The van der Waals surface area contributed by atoms with Crippen molar-refractivity contribution in [2.45, 2.75) is 33.1 Å². The Balaban J connectivity index is 2.15. The molecule has 0 aromatic rings. The van der Waals surface area contributed by atoms with Crippen LogP contribution in [0.4, 0.5) is 0 Å². The van der Waals surface area contributed by atoms with Crippen molar-refractivity contribution in [2.75, 3.05) is 39.8 Å². The van der Waals surface area contributed by atoms with Gasteiger partial charge in [-0.3, -0.25) is 0 Å². The summed E-state index contributed by atoms with van der Waals surface area (Å²) in [6.45, 7) is 11.0. The van der Waals surface area contributed by atoms with Gasteiger partial charge in [-0.15, -0.1) is 0 Å². The van der Waals surface area contributed by atoms with E-state index in [0.717, 1.165) is 5.92 Å². The van der Waals surface area contributed by atoms with Gasteiger partial charge in [0.15, 0.2) is 0 Å². The summed E-state index contributed by atoms with van der Waals surface area (Å²) in [5.41, 5.74) is 0. The molecule has 1 fully saturated rings. The fourth-order valence-corrected chi connectivity index (χ4v) is 2.28. The van der Waals surface area contributed by atoms with Gasteiger partial charge < -0.3 is 9.80 Å². The number of nitrogens with zero attached hydrogens (tertiary/aromatic N) is 2. The molecule has 0 aromatic carbocycles. The van der Waals surface area contributed by atoms with Gasteiger partial charge >= 0.3 is 0 Å². The summed E-state index contributed by atoms with van der Waals surface area (Å²) in [5, 5.41) is 0. The third-order valence-corrected chi connectivity index (χ3v) is 3.36. The van der Waals surface area contributed by atoms with Crippen LogP contribution in [0.25, 0.3) is 0 Å². The Bertz CT molecular complexity index is 139. The minimum Gasteiger partial charge on any atom is -0.306 e. The monoisotopic (exact) mass is 198 g/mol. The van der Waals surface area contributed by atoms with Crippen LogP contribution in [0.15, 0.2) is 0 Å². The molecule has 1 rings (SSSR count). The maximum Gasteiger partial charge on any atom is 0.000744 e. The first-order chi connectivity index (χ1) is 6.76. The van der Waals surface area contributed by atoms with Crippen molar-refractivity contribution in [2.24, 2.45) is 5.92 Å². The van der Waals surface area contributed by atoms with Gasteiger partial charge in [0.25, 0.3) is 0 Å². The Morgan fingerprint density at radius 3 is 2.36 bits per heavy atom. The van der Waals surface area contributed by atoms with Crippen molar-refractivity contribution in [3.8, 4) is 0 Å². The van der Waals surface area contributed by atoms with Crippen LogP contribution in [0.5, 0.6) is 0 Å². The van der Waals surface area contributed by atoms with Crippen molar-refractivity contribution in [1.29, 1.82) is 0 Å². The van der Waals surface area contributed by atoms with Crippen LogP contribution in [0.1, 0.15) is 33.1 Å². The second-order valence-corrected chi connectivity index (χ2v) is 4.64. The molecule has 2 nitrogen and oxygen atoms in total. The molecule has 0 atom stereocenters. The molecular formula is C12H26N2. The molecule has 0 saturated carbocycles. The summed E-state index contributed by atoms with van der Waals surface area (Å²) in [6, 6.07) is 0. The highest BCUT2D eigenvalue weighted by Crippen LogP contribution is 2.17. The summed E-state index contributed by atoms with van der Waals surface area (Å²) in [4.78, 5) is 5.06. The summed E-state index contributed by atoms with van der Waals surface area (Å²) in [5.74, 6) is 0.952. The zero-order chi connectivity index (χ0) is 10.4. The van der Waals surface area contributed by atoms with Gasteiger partial charge in [-0.2, -0.15) is 0 Å². The lowest BCUT2D eigenvalue weighted by atomic mass is 9.96. The smallest absolute Gasteiger partial charge is 0.000744 e. The minimum absolute atomic E-state index is 0.952. The first-order valence-electron chi connectivity index (χ1n) is 6.17. The standard InChI is InChI=1S/C12H26N2/c1-4-8-14-9-6-12(7-10-14)11-13(3)5-2/h12H,4-11H2,1-3H3. The van der Waals surface area contributed by atoms with Crippen LogP contribution in [0, 0.1) is 5.92 Å². The first-order valence-corrected chi connectivity index (χ1v) is 6.17. The van der Waals surface area contributed by atoms with Crippen molar-refractivity contribution < 1.29 is 0 Å². The average Bonchev–Trinajstić information content (AvgIpc) is 2.21. The highest BCUT2D eigenvalue weighted by atomic mass is 15.1. The molecule has 0 amide bonds. The Morgan fingerprint density at radius 1 is 1.21 bits per heavy atom. The second kappa shape index (κ2) is 6.41. The first kappa shape index (κ1) is 12.0. The zero-order valence-corrected chi connectivity index (χ0v) is 10.1. The highest BCUT2D eigenvalue weighted by molar-refractivity contribution is 4.73. The number of likely N-dealkylation sites (tertiary alicyclic amines) is 1. The molecule has 0 aliphatic carbocycles. The van der Waals surface area contributed by atoms with E-state index in [4.69, 9.17) is 0 Å². The van der Waals surface area contributed by atoms with Gasteiger partial charge in [-0.05, 0) is 58.4 Å². The number of piperidine rings is 1. The summed E-state index contributed by atoms with van der Waals surface area (Å²) < 4.78 is 0. The SMILES string of the molecule is CCCN1CCC(CN(C)CC)CC1. The van der Waals surface area contributed by atoms with Gasteiger partial charge in [-0.25, -0.2) is 0 Å². The molecule has 0 spiro atoms. The van der Waals surface area contributed by atoms with Crippen molar-refractivity contribution in [3.05, 3.63) is 0 Å². The van der Waals surface area contributed by atoms with Crippen molar-refractivity contribution in [1.82, 2.24) is 9.80 Å². The maximum atomic E-state index is 2.61. The third kappa shape index (κ3) is 3.97. The van der Waals surface area contributed by atoms with Crippen LogP contribution in [0.2, 0.25) is 0 Å². The average molecular weight is 198 g/mol. The maximum absolute atomic E-state index is 2.61. The van der Waals surface area contributed by atoms with E-state index in [1.54, 1.807) is 0 Å². The molecule has 0 unspecified atom stereocenters.